The number of ketones is 1. The van der Waals surface area contributed by atoms with E-state index in [1.165, 1.54) is 6.92 Å². The van der Waals surface area contributed by atoms with Crippen LogP contribution in [0.15, 0.2) is 23.5 Å². The number of ether oxygens (including phenoxy) is 3. The predicted molar refractivity (Wildman–Crippen MR) is 102 cm³/mol. The quantitative estimate of drug-likeness (QED) is 0.404. The Morgan fingerprint density at radius 1 is 1.31 bits per heavy atom. The van der Waals surface area contributed by atoms with Gasteiger partial charge in [0.15, 0.2) is 11.9 Å². The normalized spacial score (nSPS) is 33.9. The number of rotatable bonds is 4. The monoisotopic (exact) mass is 404 g/mol. The smallest absolute Gasteiger partial charge is 0.334 e. The van der Waals surface area contributed by atoms with Gasteiger partial charge in [-0.3, -0.25) is 14.4 Å². The molecule has 1 saturated carbocycles. The van der Waals surface area contributed by atoms with Crippen LogP contribution >= 0.6 is 0 Å². The van der Waals surface area contributed by atoms with Crippen LogP contribution in [-0.2, 0) is 33.4 Å². The Balaban J connectivity index is 2.02. The molecule has 1 heterocycles. The second kappa shape index (κ2) is 7.43. The molecule has 0 aromatic rings. The summed E-state index contributed by atoms with van der Waals surface area (Å²) >= 11 is 0. The Morgan fingerprint density at radius 2 is 1.97 bits per heavy atom. The van der Waals surface area contributed by atoms with Gasteiger partial charge < -0.3 is 14.2 Å². The first-order valence-corrected chi connectivity index (χ1v) is 9.98. The van der Waals surface area contributed by atoms with Crippen molar-refractivity contribution in [3.8, 4) is 0 Å². The van der Waals surface area contributed by atoms with Gasteiger partial charge in [0, 0.05) is 30.3 Å². The molecule has 0 aromatic heterocycles. The van der Waals surface area contributed by atoms with Crippen LogP contribution in [0.4, 0.5) is 0 Å². The Labute approximate surface area is 170 Å². The van der Waals surface area contributed by atoms with Crippen molar-refractivity contribution in [3.05, 3.63) is 23.5 Å². The van der Waals surface area contributed by atoms with Crippen LogP contribution in [0.2, 0.25) is 0 Å². The molecule has 0 N–H and O–H groups in total. The first-order chi connectivity index (χ1) is 13.5. The maximum atomic E-state index is 13.2. The van der Waals surface area contributed by atoms with Crippen molar-refractivity contribution in [3.63, 3.8) is 0 Å². The van der Waals surface area contributed by atoms with E-state index in [4.69, 9.17) is 14.2 Å². The van der Waals surface area contributed by atoms with E-state index in [0.717, 1.165) is 0 Å². The lowest BCUT2D eigenvalue weighted by Gasteiger charge is -2.51. The standard InChI is InChI=1S/C22H28O7/c1-10(2)7-17(24)29-19-12(4)15-8-14-11(3)21(26)28-16(14)9-22(15,6)20(18(19)25)27-13(5)23/h10,14-16,20H,3,7-9H2,1-2,4-6H3. The first kappa shape index (κ1) is 21.3. The van der Waals surface area contributed by atoms with Crippen molar-refractivity contribution in [2.24, 2.45) is 23.2 Å². The van der Waals surface area contributed by atoms with E-state index in [0.29, 0.717) is 24.0 Å². The summed E-state index contributed by atoms with van der Waals surface area (Å²) in [4.78, 5) is 49.3. The van der Waals surface area contributed by atoms with Gasteiger partial charge in [0.05, 0.1) is 0 Å². The van der Waals surface area contributed by atoms with Crippen molar-refractivity contribution in [2.45, 2.75) is 66.1 Å². The van der Waals surface area contributed by atoms with Crippen molar-refractivity contribution >= 4 is 23.7 Å². The predicted octanol–water partition coefficient (Wildman–Crippen LogP) is 2.88. The van der Waals surface area contributed by atoms with Gasteiger partial charge in [-0.15, -0.1) is 0 Å². The van der Waals surface area contributed by atoms with Crippen molar-refractivity contribution in [1.29, 1.82) is 0 Å². The zero-order valence-corrected chi connectivity index (χ0v) is 17.6. The molecule has 7 nitrogen and oxygen atoms in total. The molecule has 0 aromatic carbocycles. The van der Waals surface area contributed by atoms with Crippen LogP contribution in [0.1, 0.15) is 53.9 Å². The topological polar surface area (TPSA) is 96.0 Å². The molecule has 1 saturated heterocycles. The number of Topliss-reactive ketones (excluding diaryl/α,β-unsaturated/α-hetero) is 1. The summed E-state index contributed by atoms with van der Waals surface area (Å²) in [7, 11) is 0. The Morgan fingerprint density at radius 3 is 2.55 bits per heavy atom. The summed E-state index contributed by atoms with van der Waals surface area (Å²) in [6.07, 6.45) is -0.465. The zero-order chi connectivity index (χ0) is 21.7. The number of esters is 3. The van der Waals surface area contributed by atoms with Crippen molar-refractivity contribution in [2.75, 3.05) is 0 Å². The molecule has 0 spiro atoms. The highest BCUT2D eigenvalue weighted by Crippen LogP contribution is 2.57. The van der Waals surface area contributed by atoms with Gasteiger partial charge in [0.1, 0.15) is 6.10 Å². The second-order valence-electron chi connectivity index (χ2n) is 9.01. The summed E-state index contributed by atoms with van der Waals surface area (Å²) in [6, 6.07) is 0. The molecule has 0 radical (unpaired) electrons. The lowest BCUT2D eigenvalue weighted by atomic mass is 9.55. The van der Waals surface area contributed by atoms with E-state index in [2.05, 4.69) is 6.58 Å². The molecule has 3 aliphatic rings. The van der Waals surface area contributed by atoms with E-state index < -0.39 is 41.3 Å². The highest BCUT2D eigenvalue weighted by atomic mass is 16.6. The maximum absolute atomic E-state index is 13.2. The minimum absolute atomic E-state index is 0.0429. The molecule has 0 amide bonds. The third kappa shape index (κ3) is 3.63. The Bertz CT molecular complexity index is 821. The third-order valence-corrected chi connectivity index (χ3v) is 6.36. The van der Waals surface area contributed by atoms with Gasteiger partial charge in [-0.25, -0.2) is 4.79 Å². The van der Waals surface area contributed by atoms with E-state index in [1.807, 2.05) is 20.8 Å². The minimum atomic E-state index is -1.11. The lowest BCUT2D eigenvalue weighted by molar-refractivity contribution is -0.174. The number of fused-ring (bicyclic) bond motifs is 2. The molecular formula is C22H28O7. The fourth-order valence-corrected chi connectivity index (χ4v) is 4.95. The van der Waals surface area contributed by atoms with E-state index in [-0.39, 0.29) is 29.9 Å². The van der Waals surface area contributed by atoms with E-state index >= 15 is 0 Å². The molecule has 7 heteroatoms. The summed E-state index contributed by atoms with van der Waals surface area (Å²) in [6.45, 7) is 12.5. The van der Waals surface area contributed by atoms with Crippen LogP contribution in [0.3, 0.4) is 0 Å². The summed E-state index contributed by atoms with van der Waals surface area (Å²) in [5.74, 6) is -2.39. The summed E-state index contributed by atoms with van der Waals surface area (Å²) in [5.41, 5.74) is 0.292. The van der Waals surface area contributed by atoms with Gasteiger partial charge in [0.25, 0.3) is 0 Å². The highest BCUT2D eigenvalue weighted by Gasteiger charge is 2.60. The molecule has 5 atom stereocenters. The fraction of sp³-hybridized carbons (Fsp3) is 0.636. The summed E-state index contributed by atoms with van der Waals surface area (Å²) in [5, 5.41) is 0. The molecule has 3 rings (SSSR count). The molecule has 5 unspecified atom stereocenters. The van der Waals surface area contributed by atoms with E-state index in [9.17, 15) is 19.2 Å². The van der Waals surface area contributed by atoms with Crippen LogP contribution in [-0.4, -0.2) is 35.9 Å². The molecular weight excluding hydrogens is 376 g/mol. The zero-order valence-electron chi connectivity index (χ0n) is 17.6. The summed E-state index contributed by atoms with van der Waals surface area (Å²) < 4.78 is 16.4. The largest absolute Gasteiger partial charge is 0.458 e. The average molecular weight is 404 g/mol. The van der Waals surface area contributed by atoms with Gasteiger partial charge in [0.2, 0.25) is 5.78 Å². The van der Waals surface area contributed by atoms with Gasteiger partial charge >= 0.3 is 17.9 Å². The number of carbonyl (C=O) groups excluding carboxylic acids is 4. The van der Waals surface area contributed by atoms with Crippen molar-refractivity contribution < 1.29 is 33.4 Å². The van der Waals surface area contributed by atoms with Crippen molar-refractivity contribution in [1.82, 2.24) is 0 Å². The number of carbonyl (C=O) groups is 4. The van der Waals surface area contributed by atoms with Gasteiger partial charge in [-0.1, -0.05) is 27.4 Å². The molecule has 2 fully saturated rings. The molecule has 0 bridgehead atoms. The third-order valence-electron chi connectivity index (χ3n) is 6.36. The SMILES string of the molecule is C=C1C(=O)OC2CC3(C)C(CC12)C(C)=C(OC(=O)CC(C)C)C(=O)C3OC(C)=O. The lowest BCUT2D eigenvalue weighted by Crippen LogP contribution is -2.56. The Hall–Kier alpha value is -2.44. The number of hydrogen-bond acceptors (Lipinski definition) is 7. The van der Waals surface area contributed by atoms with Crippen LogP contribution in [0, 0.1) is 23.2 Å². The van der Waals surface area contributed by atoms with Crippen LogP contribution in [0.5, 0.6) is 0 Å². The Kier molecular flexibility index (Phi) is 5.45. The minimum Gasteiger partial charge on any atom is -0.458 e. The van der Waals surface area contributed by atoms with E-state index in [1.54, 1.807) is 6.92 Å². The van der Waals surface area contributed by atoms with Crippen LogP contribution in [0.25, 0.3) is 0 Å². The number of allylic oxidation sites excluding steroid dienone is 1. The molecule has 1 aliphatic heterocycles. The highest BCUT2D eigenvalue weighted by molar-refractivity contribution is 6.02. The van der Waals surface area contributed by atoms with Gasteiger partial charge in [-0.05, 0) is 37.2 Å². The first-order valence-electron chi connectivity index (χ1n) is 9.98. The second-order valence-corrected chi connectivity index (χ2v) is 9.01. The van der Waals surface area contributed by atoms with Gasteiger partial charge in [-0.2, -0.15) is 0 Å². The maximum Gasteiger partial charge on any atom is 0.334 e. The molecule has 29 heavy (non-hydrogen) atoms. The molecule has 2 aliphatic carbocycles. The fourth-order valence-electron chi connectivity index (χ4n) is 4.95. The average Bonchev–Trinajstić information content (AvgIpc) is 2.87. The number of hydrogen-bond donors (Lipinski definition) is 0. The van der Waals surface area contributed by atoms with Crippen LogP contribution < -0.4 is 0 Å². The molecule has 158 valence electrons.